The highest BCUT2D eigenvalue weighted by atomic mass is 16.5. The number of likely N-dealkylation sites (tertiary alicyclic amines) is 1. The van der Waals surface area contributed by atoms with Gasteiger partial charge in [0.2, 0.25) is 0 Å². The number of β-amino-alcohol motifs (C(OH)–C–C–N with tert-alkyl or cyclic N) is 1. The van der Waals surface area contributed by atoms with Gasteiger partial charge in [0.05, 0.1) is 6.10 Å². The second-order valence-electron chi connectivity index (χ2n) is 5.09. The first-order chi connectivity index (χ1) is 9.06. The van der Waals surface area contributed by atoms with Gasteiger partial charge in [0.25, 0.3) is 5.91 Å². The van der Waals surface area contributed by atoms with Gasteiger partial charge in [0.1, 0.15) is 11.8 Å². The molecule has 2 N–H and O–H groups in total. The van der Waals surface area contributed by atoms with Crippen LogP contribution in [0, 0.1) is 0 Å². The molecule has 1 saturated carbocycles. The molecule has 1 unspecified atom stereocenters. The lowest BCUT2D eigenvalue weighted by atomic mass is 10.2. The van der Waals surface area contributed by atoms with Crippen LogP contribution in [0.25, 0.3) is 0 Å². The van der Waals surface area contributed by atoms with Gasteiger partial charge in [-0.3, -0.25) is 4.79 Å². The molecule has 0 radical (unpaired) electrons. The summed E-state index contributed by atoms with van der Waals surface area (Å²) in [6.45, 7) is 0.0153. The van der Waals surface area contributed by atoms with Crippen LogP contribution in [0.15, 0.2) is 10.6 Å². The van der Waals surface area contributed by atoms with E-state index in [1.54, 1.807) is 6.07 Å². The molecule has 102 valence electrons. The van der Waals surface area contributed by atoms with Crippen molar-refractivity contribution in [2.75, 3.05) is 6.54 Å². The Morgan fingerprint density at radius 3 is 2.79 bits per heavy atom. The molecule has 2 atom stereocenters. The molecule has 2 heterocycles. The Morgan fingerprint density at radius 1 is 1.42 bits per heavy atom. The third-order valence-corrected chi connectivity index (χ3v) is 3.55. The highest BCUT2D eigenvalue weighted by Gasteiger charge is 2.40. The maximum atomic E-state index is 12.2. The molecule has 1 aromatic rings. The van der Waals surface area contributed by atoms with Gasteiger partial charge in [0.15, 0.2) is 5.69 Å². The van der Waals surface area contributed by atoms with E-state index in [0.29, 0.717) is 11.7 Å². The molecule has 0 spiro atoms. The first kappa shape index (κ1) is 12.2. The number of carboxylic acid groups (broad SMARTS) is 1. The summed E-state index contributed by atoms with van der Waals surface area (Å²) in [6, 6.07) is 0.576. The fourth-order valence-electron chi connectivity index (χ4n) is 2.37. The Kier molecular flexibility index (Phi) is 2.78. The van der Waals surface area contributed by atoms with Crippen molar-refractivity contribution in [3.63, 3.8) is 0 Å². The van der Waals surface area contributed by atoms with Gasteiger partial charge >= 0.3 is 5.97 Å². The SMILES string of the molecule is O=C(O)[C@@H]1CC(O)CN1C(=O)c1cc(C2CC2)on1. The largest absolute Gasteiger partial charge is 0.480 e. The van der Waals surface area contributed by atoms with Gasteiger partial charge in [-0.2, -0.15) is 0 Å². The Bertz CT molecular complexity index is 522. The summed E-state index contributed by atoms with van der Waals surface area (Å²) in [4.78, 5) is 24.4. The average molecular weight is 266 g/mol. The summed E-state index contributed by atoms with van der Waals surface area (Å²) in [6.07, 6.45) is 1.31. The molecular weight excluding hydrogens is 252 g/mol. The number of aromatic nitrogens is 1. The number of hydrogen-bond donors (Lipinski definition) is 2. The van der Waals surface area contributed by atoms with Crippen LogP contribution in [0.1, 0.15) is 41.4 Å². The molecule has 3 rings (SSSR count). The van der Waals surface area contributed by atoms with Crippen LogP contribution in [0.2, 0.25) is 0 Å². The molecule has 7 heteroatoms. The Hall–Kier alpha value is -1.89. The van der Waals surface area contributed by atoms with Gasteiger partial charge < -0.3 is 19.6 Å². The number of hydrogen-bond acceptors (Lipinski definition) is 5. The molecule has 0 bridgehead atoms. The normalized spacial score (nSPS) is 26.7. The smallest absolute Gasteiger partial charge is 0.326 e. The first-order valence-electron chi connectivity index (χ1n) is 6.24. The van der Waals surface area contributed by atoms with E-state index in [1.807, 2.05) is 0 Å². The van der Waals surface area contributed by atoms with Crippen LogP contribution in [0.4, 0.5) is 0 Å². The van der Waals surface area contributed by atoms with Crippen LogP contribution < -0.4 is 0 Å². The second kappa shape index (κ2) is 4.34. The van der Waals surface area contributed by atoms with E-state index in [-0.39, 0.29) is 18.7 Å². The third kappa shape index (κ3) is 2.21. The number of amides is 1. The predicted molar refractivity (Wildman–Crippen MR) is 61.6 cm³/mol. The topological polar surface area (TPSA) is 104 Å². The number of rotatable bonds is 3. The maximum Gasteiger partial charge on any atom is 0.326 e. The fraction of sp³-hybridized carbons (Fsp3) is 0.583. The van der Waals surface area contributed by atoms with Gasteiger partial charge in [-0.05, 0) is 12.8 Å². The summed E-state index contributed by atoms with van der Waals surface area (Å²) in [5.41, 5.74) is 0.113. The van der Waals surface area contributed by atoms with Crippen LogP contribution in [0.3, 0.4) is 0 Å². The van der Waals surface area contributed by atoms with Crippen LogP contribution in [0.5, 0.6) is 0 Å². The zero-order valence-corrected chi connectivity index (χ0v) is 10.2. The minimum absolute atomic E-state index is 0.0153. The lowest BCUT2D eigenvalue weighted by Crippen LogP contribution is -2.40. The lowest BCUT2D eigenvalue weighted by molar-refractivity contribution is -0.141. The highest BCUT2D eigenvalue weighted by Crippen LogP contribution is 2.40. The van der Waals surface area contributed by atoms with Crippen molar-refractivity contribution in [2.24, 2.45) is 0 Å². The number of nitrogens with zero attached hydrogens (tertiary/aromatic N) is 2. The zero-order chi connectivity index (χ0) is 13.6. The number of carboxylic acids is 1. The van der Waals surface area contributed by atoms with E-state index in [2.05, 4.69) is 5.16 Å². The first-order valence-corrected chi connectivity index (χ1v) is 6.24. The number of aliphatic hydroxyl groups is 1. The Balaban J connectivity index is 1.79. The summed E-state index contributed by atoms with van der Waals surface area (Å²) in [7, 11) is 0. The zero-order valence-electron chi connectivity index (χ0n) is 10.2. The lowest BCUT2D eigenvalue weighted by Gasteiger charge is -2.19. The minimum atomic E-state index is -1.11. The Labute approximate surface area is 108 Å². The van der Waals surface area contributed by atoms with Crippen LogP contribution in [-0.2, 0) is 4.79 Å². The van der Waals surface area contributed by atoms with Gasteiger partial charge in [-0.15, -0.1) is 0 Å². The van der Waals surface area contributed by atoms with E-state index in [1.165, 1.54) is 0 Å². The van der Waals surface area contributed by atoms with Crippen molar-refractivity contribution in [3.05, 3.63) is 17.5 Å². The van der Waals surface area contributed by atoms with E-state index in [4.69, 9.17) is 9.63 Å². The van der Waals surface area contributed by atoms with Crippen molar-refractivity contribution >= 4 is 11.9 Å². The standard InChI is InChI=1S/C12H14N2O5/c15-7-3-9(12(17)18)14(5-7)11(16)8-4-10(19-13-8)6-1-2-6/h4,6-7,9,15H,1-3,5H2,(H,17,18)/t7?,9-/m0/s1. The van der Waals surface area contributed by atoms with Gasteiger partial charge in [-0.1, -0.05) is 5.16 Å². The van der Waals surface area contributed by atoms with Crippen molar-refractivity contribution in [2.45, 2.75) is 37.3 Å². The molecule has 1 aliphatic heterocycles. The quantitative estimate of drug-likeness (QED) is 0.810. The maximum absolute atomic E-state index is 12.2. The van der Waals surface area contributed by atoms with Crippen molar-refractivity contribution in [3.8, 4) is 0 Å². The average Bonchev–Trinajstić information content (AvgIpc) is 2.96. The fourth-order valence-corrected chi connectivity index (χ4v) is 2.37. The summed E-state index contributed by atoms with van der Waals surface area (Å²) in [5.74, 6) is -0.598. The molecule has 1 aliphatic carbocycles. The monoisotopic (exact) mass is 266 g/mol. The molecular formula is C12H14N2O5. The van der Waals surface area contributed by atoms with Crippen LogP contribution in [-0.4, -0.2) is 50.8 Å². The molecule has 0 aromatic carbocycles. The molecule has 2 fully saturated rings. The summed E-state index contributed by atoms with van der Waals surface area (Å²) < 4.78 is 5.08. The van der Waals surface area contributed by atoms with Crippen molar-refractivity contribution in [1.29, 1.82) is 0 Å². The molecule has 2 aliphatic rings. The number of carbonyl (C=O) groups is 2. The molecule has 1 amide bonds. The molecule has 1 aromatic heterocycles. The van der Waals surface area contributed by atoms with Gasteiger partial charge in [0, 0.05) is 24.9 Å². The number of carbonyl (C=O) groups excluding carboxylic acids is 1. The highest BCUT2D eigenvalue weighted by molar-refractivity contribution is 5.95. The second-order valence-corrected chi connectivity index (χ2v) is 5.09. The summed E-state index contributed by atoms with van der Waals surface area (Å²) >= 11 is 0. The van der Waals surface area contributed by atoms with E-state index < -0.39 is 24.0 Å². The molecule has 1 saturated heterocycles. The summed E-state index contributed by atoms with van der Waals surface area (Å²) in [5, 5.41) is 22.3. The minimum Gasteiger partial charge on any atom is -0.480 e. The van der Waals surface area contributed by atoms with Crippen molar-refractivity contribution in [1.82, 2.24) is 10.1 Å². The molecule has 7 nitrogen and oxygen atoms in total. The van der Waals surface area contributed by atoms with Crippen molar-refractivity contribution < 1.29 is 24.3 Å². The predicted octanol–water partition coefficient (Wildman–Crippen LogP) is 0.212. The van der Waals surface area contributed by atoms with E-state index in [0.717, 1.165) is 17.7 Å². The third-order valence-electron chi connectivity index (χ3n) is 3.55. The Morgan fingerprint density at radius 2 is 2.16 bits per heavy atom. The van der Waals surface area contributed by atoms with E-state index in [9.17, 15) is 14.7 Å². The van der Waals surface area contributed by atoms with E-state index >= 15 is 0 Å². The molecule has 19 heavy (non-hydrogen) atoms. The van der Waals surface area contributed by atoms with Gasteiger partial charge in [-0.25, -0.2) is 4.79 Å². The number of aliphatic carboxylic acids is 1. The number of aliphatic hydroxyl groups excluding tert-OH is 1. The van der Waals surface area contributed by atoms with Crippen LogP contribution >= 0.6 is 0 Å².